The van der Waals surface area contributed by atoms with Gasteiger partial charge >= 0.3 is 0 Å². The Morgan fingerprint density at radius 1 is 1.10 bits per heavy atom. The second-order valence-electron chi connectivity index (χ2n) is 6.41. The Kier molecular flexibility index (Phi) is 3.93. The average molecular weight is 305 g/mol. The molecule has 1 saturated carbocycles. The SMILES string of the molecule is C/C=C/C1C[C@@H]2CN(S(=O)(=O)c3ccc(C)cc3)C[C@@H]2C1. The molecule has 2 fully saturated rings. The van der Waals surface area contributed by atoms with Crippen molar-refractivity contribution in [2.45, 2.75) is 31.6 Å². The summed E-state index contributed by atoms with van der Waals surface area (Å²) >= 11 is 0. The van der Waals surface area contributed by atoms with Crippen LogP contribution >= 0.6 is 0 Å². The zero-order valence-corrected chi connectivity index (χ0v) is 13.5. The first kappa shape index (κ1) is 14.8. The average Bonchev–Trinajstić information content (AvgIpc) is 2.98. The number of sulfonamides is 1. The minimum absolute atomic E-state index is 0.429. The normalized spacial score (nSPS) is 30.1. The molecule has 1 heterocycles. The summed E-state index contributed by atoms with van der Waals surface area (Å²) in [6, 6.07) is 7.18. The van der Waals surface area contributed by atoms with Crippen molar-refractivity contribution in [3.8, 4) is 0 Å². The molecule has 1 aliphatic carbocycles. The molecule has 21 heavy (non-hydrogen) atoms. The third-order valence-corrected chi connectivity index (χ3v) is 6.72. The standard InChI is InChI=1S/C17H23NO2S/c1-3-4-14-9-15-11-18(12-16(15)10-14)21(19,20)17-7-5-13(2)6-8-17/h3-8,14-16H,9-12H2,1-2H3/b4-3+/t14?,15-,16+. The van der Waals surface area contributed by atoms with Gasteiger partial charge in [-0.25, -0.2) is 8.42 Å². The molecule has 1 saturated heterocycles. The third kappa shape index (κ3) is 2.79. The highest BCUT2D eigenvalue weighted by Crippen LogP contribution is 2.43. The van der Waals surface area contributed by atoms with Gasteiger partial charge in [-0.2, -0.15) is 4.31 Å². The van der Waals surface area contributed by atoms with E-state index in [0.717, 1.165) is 18.4 Å². The smallest absolute Gasteiger partial charge is 0.207 e. The Balaban J connectivity index is 1.74. The lowest BCUT2D eigenvalue weighted by Crippen LogP contribution is -2.30. The molecule has 3 atom stereocenters. The van der Waals surface area contributed by atoms with E-state index in [-0.39, 0.29) is 0 Å². The molecule has 3 rings (SSSR count). The van der Waals surface area contributed by atoms with E-state index in [1.807, 2.05) is 19.1 Å². The largest absolute Gasteiger partial charge is 0.243 e. The first-order chi connectivity index (χ1) is 10.0. The van der Waals surface area contributed by atoms with Gasteiger partial charge in [-0.3, -0.25) is 0 Å². The molecule has 1 aromatic carbocycles. The molecule has 4 heteroatoms. The van der Waals surface area contributed by atoms with Crippen molar-refractivity contribution in [2.24, 2.45) is 17.8 Å². The lowest BCUT2D eigenvalue weighted by atomic mass is 10.0. The molecule has 0 spiro atoms. The summed E-state index contributed by atoms with van der Waals surface area (Å²) < 4.78 is 27.1. The van der Waals surface area contributed by atoms with E-state index in [0.29, 0.717) is 35.7 Å². The zero-order chi connectivity index (χ0) is 15.0. The van der Waals surface area contributed by atoms with E-state index in [1.54, 1.807) is 16.4 Å². The molecule has 0 bridgehead atoms. The van der Waals surface area contributed by atoms with Crippen LogP contribution in [0, 0.1) is 24.7 Å². The second kappa shape index (κ2) is 5.58. The topological polar surface area (TPSA) is 37.4 Å². The van der Waals surface area contributed by atoms with E-state index in [4.69, 9.17) is 0 Å². The first-order valence-corrected chi connectivity index (χ1v) is 9.14. The molecule has 0 aromatic heterocycles. The van der Waals surface area contributed by atoms with Crippen molar-refractivity contribution in [1.29, 1.82) is 0 Å². The fourth-order valence-electron chi connectivity index (χ4n) is 3.79. The second-order valence-corrected chi connectivity index (χ2v) is 8.35. The molecule has 3 nitrogen and oxygen atoms in total. The number of benzene rings is 1. The van der Waals surface area contributed by atoms with Gasteiger partial charge in [-0.05, 0) is 56.6 Å². The third-order valence-electron chi connectivity index (χ3n) is 4.88. The monoisotopic (exact) mass is 305 g/mol. The van der Waals surface area contributed by atoms with E-state index in [2.05, 4.69) is 19.1 Å². The van der Waals surface area contributed by atoms with Gasteiger partial charge in [0.25, 0.3) is 0 Å². The maximum Gasteiger partial charge on any atom is 0.243 e. The van der Waals surface area contributed by atoms with Crippen LogP contribution in [0.3, 0.4) is 0 Å². The fraction of sp³-hybridized carbons (Fsp3) is 0.529. The van der Waals surface area contributed by atoms with E-state index >= 15 is 0 Å². The van der Waals surface area contributed by atoms with Crippen LogP contribution in [0.25, 0.3) is 0 Å². The molecular weight excluding hydrogens is 282 g/mol. The van der Waals surface area contributed by atoms with Crippen molar-refractivity contribution in [2.75, 3.05) is 13.1 Å². The minimum Gasteiger partial charge on any atom is -0.207 e. The molecule has 1 aliphatic heterocycles. The van der Waals surface area contributed by atoms with Crippen molar-refractivity contribution < 1.29 is 8.42 Å². The highest BCUT2D eigenvalue weighted by atomic mass is 32.2. The lowest BCUT2D eigenvalue weighted by Gasteiger charge is -2.18. The van der Waals surface area contributed by atoms with Crippen LogP contribution in [0.2, 0.25) is 0 Å². The summed E-state index contributed by atoms with van der Waals surface area (Å²) in [6.07, 6.45) is 6.66. The van der Waals surface area contributed by atoms with Crippen LogP contribution in [-0.4, -0.2) is 25.8 Å². The minimum atomic E-state index is -3.31. The summed E-state index contributed by atoms with van der Waals surface area (Å²) in [5.74, 6) is 1.71. The molecule has 114 valence electrons. The summed E-state index contributed by atoms with van der Waals surface area (Å²) in [6.45, 7) is 5.41. The van der Waals surface area contributed by atoms with Gasteiger partial charge < -0.3 is 0 Å². The molecule has 0 radical (unpaired) electrons. The van der Waals surface area contributed by atoms with E-state index in [9.17, 15) is 8.42 Å². The molecule has 2 aliphatic rings. The predicted octanol–water partition coefficient (Wildman–Crippen LogP) is 3.22. The van der Waals surface area contributed by atoms with Crippen LogP contribution < -0.4 is 0 Å². The van der Waals surface area contributed by atoms with Gasteiger partial charge in [0.2, 0.25) is 10.0 Å². The highest BCUT2D eigenvalue weighted by molar-refractivity contribution is 7.89. The van der Waals surface area contributed by atoms with Crippen molar-refractivity contribution in [3.05, 3.63) is 42.0 Å². The van der Waals surface area contributed by atoms with Crippen LogP contribution in [-0.2, 0) is 10.0 Å². The first-order valence-electron chi connectivity index (χ1n) is 7.70. The van der Waals surface area contributed by atoms with Gasteiger partial charge in [0.15, 0.2) is 0 Å². The lowest BCUT2D eigenvalue weighted by molar-refractivity contribution is 0.431. The molecular formula is C17H23NO2S. The van der Waals surface area contributed by atoms with Crippen LogP contribution in [0.4, 0.5) is 0 Å². The number of rotatable bonds is 3. The van der Waals surface area contributed by atoms with Gasteiger partial charge in [0.1, 0.15) is 0 Å². The van der Waals surface area contributed by atoms with Gasteiger partial charge in [-0.15, -0.1) is 0 Å². The fourth-order valence-corrected chi connectivity index (χ4v) is 5.34. The van der Waals surface area contributed by atoms with Crippen molar-refractivity contribution >= 4 is 10.0 Å². The molecule has 0 amide bonds. The Labute approximate surface area is 127 Å². The Morgan fingerprint density at radius 2 is 1.67 bits per heavy atom. The van der Waals surface area contributed by atoms with Gasteiger partial charge in [0, 0.05) is 13.1 Å². The number of fused-ring (bicyclic) bond motifs is 1. The zero-order valence-electron chi connectivity index (χ0n) is 12.7. The van der Waals surface area contributed by atoms with Gasteiger partial charge in [0.05, 0.1) is 4.90 Å². The van der Waals surface area contributed by atoms with Crippen LogP contribution in [0.1, 0.15) is 25.3 Å². The number of allylic oxidation sites excluding steroid dienone is 2. The predicted molar refractivity (Wildman–Crippen MR) is 84.5 cm³/mol. The number of hydrogen-bond donors (Lipinski definition) is 0. The summed E-state index contributed by atoms with van der Waals surface area (Å²) in [4.78, 5) is 0.429. The summed E-state index contributed by atoms with van der Waals surface area (Å²) in [5, 5.41) is 0. The highest BCUT2D eigenvalue weighted by Gasteiger charge is 2.44. The van der Waals surface area contributed by atoms with Crippen molar-refractivity contribution in [1.82, 2.24) is 4.31 Å². The Bertz CT molecular complexity index is 619. The molecule has 1 unspecified atom stereocenters. The van der Waals surface area contributed by atoms with E-state index < -0.39 is 10.0 Å². The van der Waals surface area contributed by atoms with Crippen LogP contribution in [0.5, 0.6) is 0 Å². The maximum absolute atomic E-state index is 12.7. The van der Waals surface area contributed by atoms with Gasteiger partial charge in [-0.1, -0.05) is 29.8 Å². The van der Waals surface area contributed by atoms with Crippen LogP contribution in [0.15, 0.2) is 41.3 Å². The molecule has 0 N–H and O–H groups in total. The Hall–Kier alpha value is -1.13. The van der Waals surface area contributed by atoms with E-state index in [1.165, 1.54) is 0 Å². The summed E-state index contributed by atoms with van der Waals surface area (Å²) in [7, 11) is -3.31. The quantitative estimate of drug-likeness (QED) is 0.804. The Morgan fingerprint density at radius 3 is 2.19 bits per heavy atom. The number of aryl methyl sites for hydroxylation is 1. The number of hydrogen-bond acceptors (Lipinski definition) is 2. The molecule has 1 aromatic rings. The maximum atomic E-state index is 12.7. The summed E-state index contributed by atoms with van der Waals surface area (Å²) in [5.41, 5.74) is 1.08. The van der Waals surface area contributed by atoms with Crippen molar-refractivity contribution in [3.63, 3.8) is 0 Å². The number of nitrogens with zero attached hydrogens (tertiary/aromatic N) is 1.